The third kappa shape index (κ3) is 3.94. The maximum atomic E-state index is 12.2. The van der Waals surface area contributed by atoms with Crippen LogP contribution in [0.25, 0.3) is 0 Å². The molecule has 0 spiro atoms. The quantitative estimate of drug-likeness (QED) is 0.824. The fourth-order valence-corrected chi connectivity index (χ4v) is 3.43. The molecule has 102 valence electrons. The van der Waals surface area contributed by atoms with E-state index in [-0.39, 0.29) is 23.3 Å². The Morgan fingerprint density at radius 1 is 1.50 bits per heavy atom. The van der Waals surface area contributed by atoms with Gasteiger partial charge in [-0.25, -0.2) is 13.1 Å². The average Bonchev–Trinajstić information content (AvgIpc) is 2.28. The fraction of sp³-hybridized carbons (Fsp3) is 0.455. The minimum Gasteiger partial charge on any atom is -0.495 e. The molecule has 0 aliphatic heterocycles. The Bertz CT molecular complexity index is 504. The first kappa shape index (κ1) is 15.4. The molecule has 0 saturated carbocycles. The Morgan fingerprint density at radius 3 is 2.72 bits per heavy atom. The molecule has 0 heterocycles. The normalized spacial score (nSPS) is 13.3. The summed E-state index contributed by atoms with van der Waals surface area (Å²) >= 11 is 3.23. The molecular weight excluding hydrogens is 322 g/mol. The van der Waals surface area contributed by atoms with E-state index in [0.29, 0.717) is 10.9 Å². The van der Waals surface area contributed by atoms with Crippen molar-refractivity contribution in [2.24, 2.45) is 0 Å². The van der Waals surface area contributed by atoms with Gasteiger partial charge in [0.25, 0.3) is 0 Å². The molecule has 1 aromatic carbocycles. The van der Waals surface area contributed by atoms with Gasteiger partial charge in [-0.15, -0.1) is 0 Å². The third-order valence-electron chi connectivity index (χ3n) is 2.33. The van der Waals surface area contributed by atoms with Crippen LogP contribution < -0.4 is 9.46 Å². The summed E-state index contributed by atoms with van der Waals surface area (Å²) in [5.41, 5.74) is 0. The first-order valence-electron chi connectivity index (χ1n) is 5.37. The van der Waals surface area contributed by atoms with Gasteiger partial charge in [0, 0.05) is 17.1 Å². The molecular formula is C11H16BrNO4S. The van der Waals surface area contributed by atoms with Crippen molar-refractivity contribution in [2.45, 2.75) is 24.3 Å². The van der Waals surface area contributed by atoms with Crippen LogP contribution in [0.2, 0.25) is 0 Å². The molecule has 1 atom stereocenters. The predicted octanol–water partition coefficient (Wildman–Crippen LogP) is 1.51. The first-order valence-corrected chi connectivity index (χ1v) is 7.65. The Kier molecular flexibility index (Phi) is 5.58. The number of sulfonamides is 1. The Morgan fingerprint density at radius 2 is 2.17 bits per heavy atom. The predicted molar refractivity (Wildman–Crippen MR) is 72.2 cm³/mol. The van der Waals surface area contributed by atoms with E-state index in [9.17, 15) is 8.42 Å². The molecule has 0 amide bonds. The van der Waals surface area contributed by atoms with Gasteiger partial charge < -0.3 is 9.84 Å². The number of aliphatic hydroxyl groups excluding tert-OH is 1. The number of hydrogen-bond donors (Lipinski definition) is 2. The first-order chi connectivity index (χ1) is 8.40. The van der Waals surface area contributed by atoms with E-state index in [2.05, 4.69) is 20.7 Å². The number of halogens is 1. The summed E-state index contributed by atoms with van der Waals surface area (Å²) in [5, 5.41) is 8.78. The standard InChI is InChI=1S/C11H16BrNO4S/c1-8(5-6-14)13-18(15,16)11-7-9(12)3-4-10(11)17-2/h3-4,7-8,13-14H,5-6H2,1-2H3. The number of methoxy groups -OCH3 is 1. The lowest BCUT2D eigenvalue weighted by Crippen LogP contribution is -2.33. The van der Waals surface area contributed by atoms with Gasteiger partial charge in [-0.05, 0) is 31.5 Å². The van der Waals surface area contributed by atoms with Crippen LogP contribution >= 0.6 is 15.9 Å². The molecule has 0 saturated heterocycles. The Labute approximate surface area is 115 Å². The van der Waals surface area contributed by atoms with Crippen LogP contribution in [-0.4, -0.2) is 33.3 Å². The van der Waals surface area contributed by atoms with E-state index < -0.39 is 10.0 Å². The maximum absolute atomic E-state index is 12.2. The van der Waals surface area contributed by atoms with Gasteiger partial charge in [0.2, 0.25) is 10.0 Å². The van der Waals surface area contributed by atoms with Gasteiger partial charge >= 0.3 is 0 Å². The highest BCUT2D eigenvalue weighted by Crippen LogP contribution is 2.27. The van der Waals surface area contributed by atoms with Crippen LogP contribution in [0.15, 0.2) is 27.6 Å². The molecule has 1 rings (SSSR count). The zero-order valence-corrected chi connectivity index (χ0v) is 12.6. The zero-order valence-electron chi connectivity index (χ0n) is 10.2. The van der Waals surface area contributed by atoms with E-state index in [1.54, 1.807) is 19.1 Å². The fourth-order valence-electron chi connectivity index (χ4n) is 1.44. The van der Waals surface area contributed by atoms with Crippen molar-refractivity contribution in [3.8, 4) is 5.75 Å². The number of hydrogen-bond acceptors (Lipinski definition) is 4. The second-order valence-corrected chi connectivity index (χ2v) is 6.43. The van der Waals surface area contributed by atoms with Gasteiger partial charge in [-0.2, -0.15) is 0 Å². The summed E-state index contributed by atoms with van der Waals surface area (Å²) in [6, 6.07) is 4.42. The number of ether oxygens (including phenoxy) is 1. The molecule has 5 nitrogen and oxygen atoms in total. The monoisotopic (exact) mass is 337 g/mol. The van der Waals surface area contributed by atoms with Crippen LogP contribution in [0, 0.1) is 0 Å². The van der Waals surface area contributed by atoms with Crippen LogP contribution in [0.1, 0.15) is 13.3 Å². The molecule has 0 aliphatic rings. The molecule has 1 unspecified atom stereocenters. The maximum Gasteiger partial charge on any atom is 0.244 e. The minimum atomic E-state index is -3.66. The second kappa shape index (κ2) is 6.51. The van der Waals surface area contributed by atoms with Crippen LogP contribution in [0.3, 0.4) is 0 Å². The lowest BCUT2D eigenvalue weighted by molar-refractivity contribution is 0.275. The lowest BCUT2D eigenvalue weighted by atomic mass is 10.3. The molecule has 7 heteroatoms. The van der Waals surface area contributed by atoms with E-state index in [0.717, 1.165) is 0 Å². The summed E-state index contributed by atoms with van der Waals surface area (Å²) in [4.78, 5) is 0.0733. The van der Waals surface area contributed by atoms with Crippen LogP contribution in [0.5, 0.6) is 5.75 Å². The number of nitrogens with one attached hydrogen (secondary N) is 1. The van der Waals surface area contributed by atoms with Gasteiger partial charge in [0.15, 0.2) is 0 Å². The summed E-state index contributed by atoms with van der Waals surface area (Å²) in [6.07, 6.45) is 0.357. The SMILES string of the molecule is COc1ccc(Br)cc1S(=O)(=O)NC(C)CCO. The molecule has 1 aromatic rings. The zero-order chi connectivity index (χ0) is 13.8. The summed E-state index contributed by atoms with van der Waals surface area (Å²) in [7, 11) is -2.25. The van der Waals surface area contributed by atoms with E-state index in [4.69, 9.17) is 9.84 Å². The molecule has 0 radical (unpaired) electrons. The van der Waals surface area contributed by atoms with Gasteiger partial charge in [0.1, 0.15) is 10.6 Å². The topological polar surface area (TPSA) is 75.6 Å². The van der Waals surface area contributed by atoms with Crippen LogP contribution in [0.4, 0.5) is 0 Å². The Hall–Kier alpha value is -0.630. The van der Waals surface area contributed by atoms with Gasteiger partial charge in [-0.1, -0.05) is 15.9 Å². The highest BCUT2D eigenvalue weighted by Gasteiger charge is 2.21. The molecule has 0 aromatic heterocycles. The number of benzene rings is 1. The largest absolute Gasteiger partial charge is 0.495 e. The van der Waals surface area contributed by atoms with Crippen molar-refractivity contribution in [1.82, 2.24) is 4.72 Å². The van der Waals surface area contributed by atoms with Crippen molar-refractivity contribution in [1.29, 1.82) is 0 Å². The molecule has 0 bridgehead atoms. The third-order valence-corrected chi connectivity index (χ3v) is 4.44. The van der Waals surface area contributed by atoms with E-state index in [1.807, 2.05) is 0 Å². The van der Waals surface area contributed by atoms with E-state index >= 15 is 0 Å². The highest BCUT2D eigenvalue weighted by atomic mass is 79.9. The van der Waals surface area contributed by atoms with Crippen LogP contribution in [-0.2, 0) is 10.0 Å². The van der Waals surface area contributed by atoms with Crippen molar-refractivity contribution < 1.29 is 18.3 Å². The lowest BCUT2D eigenvalue weighted by Gasteiger charge is -2.15. The van der Waals surface area contributed by atoms with Crippen molar-refractivity contribution in [2.75, 3.05) is 13.7 Å². The Balaban J connectivity index is 3.07. The summed E-state index contributed by atoms with van der Waals surface area (Å²) in [5.74, 6) is 0.280. The van der Waals surface area contributed by atoms with Crippen molar-refractivity contribution in [3.63, 3.8) is 0 Å². The molecule has 0 aliphatic carbocycles. The van der Waals surface area contributed by atoms with E-state index in [1.165, 1.54) is 13.2 Å². The number of rotatable bonds is 6. The highest BCUT2D eigenvalue weighted by molar-refractivity contribution is 9.10. The second-order valence-electron chi connectivity index (χ2n) is 3.83. The molecule has 0 fully saturated rings. The minimum absolute atomic E-state index is 0.0701. The van der Waals surface area contributed by atoms with Gasteiger partial charge in [-0.3, -0.25) is 0 Å². The smallest absolute Gasteiger partial charge is 0.244 e. The van der Waals surface area contributed by atoms with Crippen molar-refractivity contribution >= 4 is 26.0 Å². The van der Waals surface area contributed by atoms with Gasteiger partial charge in [0.05, 0.1) is 7.11 Å². The summed E-state index contributed by atoms with van der Waals surface area (Å²) < 4.78 is 32.5. The molecule has 18 heavy (non-hydrogen) atoms. The number of aliphatic hydroxyl groups is 1. The summed E-state index contributed by atoms with van der Waals surface area (Å²) in [6.45, 7) is 1.62. The molecule has 2 N–H and O–H groups in total. The van der Waals surface area contributed by atoms with Crippen molar-refractivity contribution in [3.05, 3.63) is 22.7 Å². The average molecular weight is 338 g/mol.